The number of rotatable bonds is 5. The Labute approximate surface area is 104 Å². The molecule has 7 nitrogen and oxygen atoms in total. The van der Waals surface area contributed by atoms with Crippen LogP contribution in [0.5, 0.6) is 0 Å². The Bertz CT molecular complexity index is 473. The van der Waals surface area contributed by atoms with E-state index < -0.39 is 10.9 Å². The Balaban J connectivity index is 3.32. The van der Waals surface area contributed by atoms with Crippen LogP contribution in [0.4, 0.5) is 11.5 Å². The van der Waals surface area contributed by atoms with E-state index in [1.54, 1.807) is 20.8 Å². The lowest BCUT2D eigenvalue weighted by molar-refractivity contribution is -0.384. The average Bonchev–Trinajstić information content (AvgIpc) is 2.24. The van der Waals surface area contributed by atoms with Gasteiger partial charge in [0, 0.05) is 17.8 Å². The summed E-state index contributed by atoms with van der Waals surface area (Å²) < 4.78 is 0. The second-order valence-electron chi connectivity index (χ2n) is 4.17. The van der Waals surface area contributed by atoms with Crippen LogP contribution in [0.1, 0.15) is 19.4 Å². The van der Waals surface area contributed by atoms with Gasteiger partial charge in [-0.25, -0.2) is 4.98 Å². The molecule has 0 atom stereocenters. The third-order valence-corrected chi connectivity index (χ3v) is 2.49. The average molecular weight is 253 g/mol. The van der Waals surface area contributed by atoms with Gasteiger partial charge < -0.3 is 10.0 Å². The van der Waals surface area contributed by atoms with Crippen LogP contribution in [0.15, 0.2) is 12.3 Å². The standard InChI is InChI=1S/C11H15N3O4/c1-7(2)13(6-9(15)16)11-10(14(17)18)8(3)4-5-12-11/h4-5,7H,6H2,1-3H3,(H,15,16). The monoisotopic (exact) mass is 253 g/mol. The molecule has 0 bridgehead atoms. The van der Waals surface area contributed by atoms with Crippen molar-refractivity contribution in [3.63, 3.8) is 0 Å². The molecule has 0 saturated heterocycles. The molecule has 0 radical (unpaired) electrons. The Morgan fingerprint density at radius 2 is 2.22 bits per heavy atom. The molecule has 1 N–H and O–H groups in total. The molecule has 0 aliphatic rings. The number of hydrogen-bond acceptors (Lipinski definition) is 5. The summed E-state index contributed by atoms with van der Waals surface area (Å²) in [6, 6.07) is 1.33. The van der Waals surface area contributed by atoms with Crippen molar-refractivity contribution in [3.8, 4) is 0 Å². The van der Waals surface area contributed by atoms with Gasteiger partial charge in [0.1, 0.15) is 6.54 Å². The minimum atomic E-state index is -1.05. The minimum Gasteiger partial charge on any atom is -0.480 e. The number of carbonyl (C=O) groups is 1. The number of aromatic nitrogens is 1. The highest BCUT2D eigenvalue weighted by Crippen LogP contribution is 2.29. The van der Waals surface area contributed by atoms with Crippen molar-refractivity contribution in [1.82, 2.24) is 4.98 Å². The largest absolute Gasteiger partial charge is 0.480 e. The van der Waals surface area contributed by atoms with E-state index in [1.165, 1.54) is 17.2 Å². The maximum atomic E-state index is 11.0. The third-order valence-electron chi connectivity index (χ3n) is 2.49. The van der Waals surface area contributed by atoms with Gasteiger partial charge in [-0.1, -0.05) is 0 Å². The molecule has 18 heavy (non-hydrogen) atoms. The molecule has 0 unspecified atom stereocenters. The maximum absolute atomic E-state index is 11.0. The summed E-state index contributed by atoms with van der Waals surface area (Å²) in [5.41, 5.74) is 0.313. The predicted molar refractivity (Wildman–Crippen MR) is 65.7 cm³/mol. The summed E-state index contributed by atoms with van der Waals surface area (Å²) in [6.07, 6.45) is 1.44. The summed E-state index contributed by atoms with van der Waals surface area (Å²) in [4.78, 5) is 26.7. The molecule has 1 aromatic rings. The van der Waals surface area contributed by atoms with Crippen molar-refractivity contribution >= 4 is 17.5 Å². The van der Waals surface area contributed by atoms with Crippen LogP contribution in [-0.4, -0.2) is 33.6 Å². The lowest BCUT2D eigenvalue weighted by Crippen LogP contribution is -2.36. The fourth-order valence-corrected chi connectivity index (χ4v) is 1.62. The number of hydrogen-bond donors (Lipinski definition) is 1. The van der Waals surface area contributed by atoms with Gasteiger partial charge in [-0.05, 0) is 26.8 Å². The summed E-state index contributed by atoms with van der Waals surface area (Å²) in [5.74, 6) is -0.960. The topological polar surface area (TPSA) is 96.6 Å². The van der Waals surface area contributed by atoms with Crippen LogP contribution in [0.3, 0.4) is 0 Å². The molecule has 0 fully saturated rings. The van der Waals surface area contributed by atoms with Crippen LogP contribution in [-0.2, 0) is 4.79 Å². The van der Waals surface area contributed by atoms with Gasteiger partial charge in [0.25, 0.3) is 0 Å². The number of carboxylic acids is 1. The molecule has 98 valence electrons. The van der Waals surface area contributed by atoms with Gasteiger partial charge in [0.2, 0.25) is 5.82 Å². The molecular weight excluding hydrogens is 238 g/mol. The van der Waals surface area contributed by atoms with Gasteiger partial charge in [-0.15, -0.1) is 0 Å². The Morgan fingerprint density at radius 1 is 1.61 bits per heavy atom. The number of pyridine rings is 1. The van der Waals surface area contributed by atoms with E-state index in [1.807, 2.05) is 0 Å². The SMILES string of the molecule is Cc1ccnc(N(CC(=O)O)C(C)C)c1[N+](=O)[O-]. The van der Waals surface area contributed by atoms with Crippen molar-refractivity contribution in [1.29, 1.82) is 0 Å². The number of anilines is 1. The highest BCUT2D eigenvalue weighted by Gasteiger charge is 2.26. The lowest BCUT2D eigenvalue weighted by atomic mass is 10.2. The highest BCUT2D eigenvalue weighted by molar-refractivity contribution is 5.75. The molecule has 0 amide bonds. The highest BCUT2D eigenvalue weighted by atomic mass is 16.6. The van der Waals surface area contributed by atoms with E-state index in [0.717, 1.165) is 0 Å². The summed E-state index contributed by atoms with van der Waals surface area (Å²) in [7, 11) is 0. The van der Waals surface area contributed by atoms with Gasteiger partial charge in [-0.2, -0.15) is 0 Å². The van der Waals surface area contributed by atoms with Crippen LogP contribution in [0, 0.1) is 17.0 Å². The zero-order chi connectivity index (χ0) is 13.9. The van der Waals surface area contributed by atoms with Gasteiger partial charge in [0.05, 0.1) is 4.92 Å². The first kappa shape index (κ1) is 13.9. The van der Waals surface area contributed by atoms with Crippen LogP contribution < -0.4 is 4.90 Å². The van der Waals surface area contributed by atoms with Gasteiger partial charge >= 0.3 is 11.7 Å². The molecule has 1 aromatic heterocycles. The van der Waals surface area contributed by atoms with Crippen LogP contribution in [0.2, 0.25) is 0 Å². The molecule has 7 heteroatoms. The summed E-state index contributed by atoms with van der Waals surface area (Å²) in [5, 5.41) is 19.9. The van der Waals surface area contributed by atoms with E-state index in [9.17, 15) is 14.9 Å². The second-order valence-corrected chi connectivity index (χ2v) is 4.17. The molecule has 0 saturated carbocycles. The summed E-state index contributed by atoms with van der Waals surface area (Å²) >= 11 is 0. The van der Waals surface area contributed by atoms with Crippen molar-refractivity contribution in [2.24, 2.45) is 0 Å². The van der Waals surface area contributed by atoms with E-state index in [0.29, 0.717) is 5.56 Å². The Hall–Kier alpha value is -2.18. The smallest absolute Gasteiger partial charge is 0.323 e. The van der Waals surface area contributed by atoms with Crippen molar-refractivity contribution in [3.05, 3.63) is 27.9 Å². The molecule has 0 aromatic carbocycles. The molecule has 0 aliphatic carbocycles. The number of aryl methyl sites for hydroxylation is 1. The maximum Gasteiger partial charge on any atom is 0.323 e. The minimum absolute atomic E-state index is 0.0948. The lowest BCUT2D eigenvalue weighted by Gasteiger charge is -2.25. The van der Waals surface area contributed by atoms with E-state index in [4.69, 9.17) is 5.11 Å². The number of nitro groups is 1. The number of aliphatic carboxylic acids is 1. The molecule has 0 aliphatic heterocycles. The van der Waals surface area contributed by atoms with Gasteiger partial charge in [-0.3, -0.25) is 14.9 Å². The van der Waals surface area contributed by atoms with E-state index >= 15 is 0 Å². The normalized spacial score (nSPS) is 10.4. The Morgan fingerprint density at radius 3 is 2.67 bits per heavy atom. The van der Waals surface area contributed by atoms with E-state index in [-0.39, 0.29) is 24.1 Å². The molecule has 1 rings (SSSR count). The summed E-state index contributed by atoms with van der Waals surface area (Å²) in [6.45, 7) is 4.80. The molecule has 1 heterocycles. The predicted octanol–water partition coefficient (Wildman–Crippen LogP) is 1.60. The quantitative estimate of drug-likeness (QED) is 0.632. The zero-order valence-electron chi connectivity index (χ0n) is 10.5. The van der Waals surface area contributed by atoms with Crippen LogP contribution in [0.25, 0.3) is 0 Å². The van der Waals surface area contributed by atoms with Crippen molar-refractivity contribution < 1.29 is 14.8 Å². The van der Waals surface area contributed by atoms with Crippen molar-refractivity contribution in [2.45, 2.75) is 26.8 Å². The first-order valence-corrected chi connectivity index (χ1v) is 5.43. The third kappa shape index (κ3) is 2.93. The zero-order valence-corrected chi connectivity index (χ0v) is 10.5. The second kappa shape index (κ2) is 5.44. The van der Waals surface area contributed by atoms with Crippen molar-refractivity contribution in [2.75, 3.05) is 11.4 Å². The van der Waals surface area contributed by atoms with E-state index in [2.05, 4.69) is 4.98 Å². The molecule has 0 spiro atoms. The molecular formula is C11H15N3O4. The van der Waals surface area contributed by atoms with Gasteiger partial charge in [0.15, 0.2) is 0 Å². The first-order valence-electron chi connectivity index (χ1n) is 5.43. The fraction of sp³-hybridized carbons (Fsp3) is 0.455. The first-order chi connectivity index (χ1) is 8.34. The number of nitrogens with zero attached hydrogens (tertiary/aromatic N) is 3. The Kier molecular flexibility index (Phi) is 4.19. The fourth-order valence-electron chi connectivity index (χ4n) is 1.62. The number of carboxylic acid groups (broad SMARTS) is 1. The van der Waals surface area contributed by atoms with Crippen LogP contribution >= 0.6 is 0 Å².